The van der Waals surface area contributed by atoms with Crippen molar-refractivity contribution in [3.05, 3.63) is 106 Å². The molecule has 178 valence electrons. The summed E-state index contributed by atoms with van der Waals surface area (Å²) in [6.07, 6.45) is 6.75. The molecule has 6 nitrogen and oxygen atoms in total. The number of anilines is 2. The molecule has 4 aromatic rings. The number of benzene rings is 2. The van der Waals surface area contributed by atoms with Crippen LogP contribution in [0.3, 0.4) is 0 Å². The molecular weight excluding hydrogens is 481 g/mol. The maximum Gasteiger partial charge on any atom is 0.255 e. The minimum atomic E-state index is -0.280. The lowest BCUT2D eigenvalue weighted by atomic mass is 9.86. The average molecular weight is 506 g/mol. The third kappa shape index (κ3) is 4.77. The van der Waals surface area contributed by atoms with Gasteiger partial charge in [0.15, 0.2) is 0 Å². The van der Waals surface area contributed by atoms with Crippen molar-refractivity contribution in [2.24, 2.45) is 0 Å². The fourth-order valence-corrected chi connectivity index (χ4v) is 5.06. The zero-order valence-corrected chi connectivity index (χ0v) is 21.0. The highest BCUT2D eigenvalue weighted by molar-refractivity contribution is 6.39. The summed E-state index contributed by atoms with van der Waals surface area (Å²) in [6.45, 7) is 6.67. The van der Waals surface area contributed by atoms with Crippen molar-refractivity contribution >= 4 is 40.5 Å². The van der Waals surface area contributed by atoms with Gasteiger partial charge in [-0.05, 0) is 23.3 Å². The molecule has 1 aliphatic rings. The van der Waals surface area contributed by atoms with Gasteiger partial charge >= 0.3 is 0 Å². The van der Waals surface area contributed by atoms with Crippen LogP contribution < -0.4 is 10.2 Å². The van der Waals surface area contributed by atoms with Gasteiger partial charge in [-0.3, -0.25) is 9.78 Å². The lowest BCUT2D eigenvalue weighted by Crippen LogP contribution is -2.29. The third-order valence-electron chi connectivity index (χ3n) is 6.34. The van der Waals surface area contributed by atoms with Crippen LogP contribution in [0.15, 0.2) is 73.3 Å². The van der Waals surface area contributed by atoms with Crippen molar-refractivity contribution in [3.63, 3.8) is 0 Å². The van der Waals surface area contributed by atoms with Crippen LogP contribution in [0, 0.1) is 0 Å². The zero-order valence-electron chi connectivity index (χ0n) is 19.5. The number of carbonyl (C=O) groups excluding carboxylic acids is 1. The van der Waals surface area contributed by atoms with Crippen molar-refractivity contribution in [2.45, 2.75) is 32.4 Å². The van der Waals surface area contributed by atoms with E-state index in [4.69, 9.17) is 23.2 Å². The molecular formula is C27H25Cl2N5O. The van der Waals surface area contributed by atoms with Gasteiger partial charge in [0.1, 0.15) is 5.82 Å². The maximum atomic E-state index is 13.1. The van der Waals surface area contributed by atoms with E-state index in [1.807, 2.05) is 48.8 Å². The molecule has 3 heterocycles. The van der Waals surface area contributed by atoms with Crippen molar-refractivity contribution in [3.8, 4) is 0 Å². The predicted octanol–water partition coefficient (Wildman–Crippen LogP) is 6.18. The van der Waals surface area contributed by atoms with Crippen LogP contribution in [0.4, 0.5) is 11.4 Å². The summed E-state index contributed by atoms with van der Waals surface area (Å²) < 4.78 is 2.17. The second kappa shape index (κ2) is 9.36. The lowest BCUT2D eigenvalue weighted by Gasteiger charge is -2.22. The molecule has 0 atom stereocenters. The highest BCUT2D eigenvalue weighted by Gasteiger charge is 2.36. The summed E-state index contributed by atoms with van der Waals surface area (Å²) >= 11 is 12.4. The Balaban J connectivity index is 1.41. The molecule has 0 spiro atoms. The van der Waals surface area contributed by atoms with Gasteiger partial charge < -0.3 is 14.8 Å². The third-order valence-corrected chi connectivity index (χ3v) is 6.91. The number of nitrogens with zero attached hydrogens (tertiary/aromatic N) is 4. The van der Waals surface area contributed by atoms with E-state index in [9.17, 15) is 4.79 Å². The number of carbonyl (C=O) groups is 1. The Bertz CT molecular complexity index is 1360. The summed E-state index contributed by atoms with van der Waals surface area (Å²) in [5, 5.41) is 3.41. The zero-order chi connectivity index (χ0) is 24.6. The first-order valence-corrected chi connectivity index (χ1v) is 12.1. The Labute approximate surface area is 214 Å². The van der Waals surface area contributed by atoms with E-state index in [0.29, 0.717) is 27.8 Å². The number of imidazole rings is 1. The number of amides is 1. The second-order valence-corrected chi connectivity index (χ2v) is 10.2. The maximum absolute atomic E-state index is 13.1. The van der Waals surface area contributed by atoms with E-state index in [2.05, 4.69) is 50.7 Å². The Morgan fingerprint density at radius 2 is 1.80 bits per heavy atom. The quantitative estimate of drug-likeness (QED) is 0.339. The molecule has 0 aliphatic carbocycles. The summed E-state index contributed by atoms with van der Waals surface area (Å²) in [5.41, 5.74) is 4.29. The first-order chi connectivity index (χ1) is 16.8. The van der Waals surface area contributed by atoms with Crippen LogP contribution >= 0.6 is 23.2 Å². The molecule has 0 unspecified atom stereocenters. The number of nitrogens with one attached hydrogen (secondary N) is 1. The first-order valence-electron chi connectivity index (χ1n) is 11.4. The second-order valence-electron chi connectivity index (χ2n) is 9.36. The monoisotopic (exact) mass is 505 g/mol. The number of fused-ring (bicyclic) bond motifs is 1. The number of rotatable bonds is 6. The van der Waals surface area contributed by atoms with Gasteiger partial charge in [0.05, 0.1) is 22.3 Å². The molecule has 1 aliphatic heterocycles. The number of aromatic nitrogens is 3. The van der Waals surface area contributed by atoms with E-state index >= 15 is 0 Å². The van der Waals surface area contributed by atoms with Crippen LogP contribution in [-0.4, -0.2) is 27.0 Å². The molecule has 8 heteroatoms. The van der Waals surface area contributed by atoms with Gasteiger partial charge in [-0.25, -0.2) is 4.98 Å². The largest absolute Gasteiger partial charge is 0.363 e. The summed E-state index contributed by atoms with van der Waals surface area (Å²) in [5.74, 6) is 0.695. The Morgan fingerprint density at radius 3 is 2.54 bits per heavy atom. The van der Waals surface area contributed by atoms with Gasteiger partial charge in [-0.1, -0.05) is 73.4 Å². The Kier molecular flexibility index (Phi) is 6.26. The smallest absolute Gasteiger partial charge is 0.255 e. The topological polar surface area (TPSA) is 63.1 Å². The summed E-state index contributed by atoms with van der Waals surface area (Å²) in [4.78, 5) is 23.9. The van der Waals surface area contributed by atoms with Crippen LogP contribution in [-0.2, 0) is 18.5 Å². The minimum Gasteiger partial charge on any atom is -0.363 e. The molecule has 2 aromatic heterocycles. The highest BCUT2D eigenvalue weighted by Crippen LogP contribution is 2.42. The van der Waals surface area contributed by atoms with Crippen molar-refractivity contribution < 1.29 is 4.79 Å². The van der Waals surface area contributed by atoms with E-state index in [1.54, 1.807) is 0 Å². The molecule has 0 saturated heterocycles. The first kappa shape index (κ1) is 23.4. The minimum absolute atomic E-state index is 0.0566. The molecule has 0 bridgehead atoms. The Hall–Kier alpha value is -3.35. The molecule has 0 radical (unpaired) electrons. The molecule has 1 N–H and O–H groups in total. The summed E-state index contributed by atoms with van der Waals surface area (Å²) in [6, 6.07) is 16.2. The Morgan fingerprint density at radius 1 is 1.06 bits per heavy atom. The predicted molar refractivity (Wildman–Crippen MR) is 140 cm³/mol. The average Bonchev–Trinajstić information content (AvgIpc) is 3.37. The lowest BCUT2D eigenvalue weighted by molar-refractivity contribution is 0.102. The van der Waals surface area contributed by atoms with Gasteiger partial charge in [-0.2, -0.15) is 0 Å². The number of pyridine rings is 1. The van der Waals surface area contributed by atoms with Crippen molar-refractivity contribution in [1.82, 2.24) is 14.5 Å². The van der Waals surface area contributed by atoms with Gasteiger partial charge in [0.2, 0.25) is 0 Å². The van der Waals surface area contributed by atoms with Crippen molar-refractivity contribution in [2.75, 3.05) is 16.8 Å². The molecule has 0 fully saturated rings. The molecule has 2 aromatic carbocycles. The molecule has 1 amide bonds. The standard InChI is InChI=1S/C27H25Cl2N5O/c1-27(2)17-34(16-24-31-10-11-33(24)15-18-6-4-3-5-7-18)23-12-19(8-9-20(23)27)26(35)32-25-21(28)13-30-14-22(25)29/h3-14H,15-17H2,1-2H3,(H,30,32,35). The van der Waals surface area contributed by atoms with E-state index in [1.165, 1.54) is 23.5 Å². The van der Waals surface area contributed by atoms with E-state index in [-0.39, 0.29) is 11.3 Å². The van der Waals surface area contributed by atoms with Crippen LogP contribution in [0.2, 0.25) is 10.0 Å². The fourth-order valence-electron chi connectivity index (χ4n) is 4.60. The summed E-state index contributed by atoms with van der Waals surface area (Å²) in [7, 11) is 0. The number of halogens is 2. The molecule has 0 saturated carbocycles. The number of hydrogen-bond donors (Lipinski definition) is 1. The number of hydrogen-bond acceptors (Lipinski definition) is 4. The van der Waals surface area contributed by atoms with E-state index in [0.717, 1.165) is 24.6 Å². The normalized spacial score (nSPS) is 14.1. The van der Waals surface area contributed by atoms with Crippen molar-refractivity contribution in [1.29, 1.82) is 0 Å². The van der Waals surface area contributed by atoms with Crippen LogP contribution in [0.5, 0.6) is 0 Å². The van der Waals surface area contributed by atoms with Crippen LogP contribution in [0.25, 0.3) is 0 Å². The SMILES string of the molecule is CC1(C)CN(Cc2nccn2Cc2ccccc2)c2cc(C(=O)Nc3c(Cl)cncc3Cl)ccc21. The molecule has 5 rings (SSSR count). The van der Waals surface area contributed by atoms with Crippen LogP contribution in [0.1, 0.15) is 41.2 Å². The fraction of sp³-hybridized carbons (Fsp3) is 0.222. The van der Waals surface area contributed by atoms with Gasteiger partial charge in [0.25, 0.3) is 5.91 Å². The molecule has 35 heavy (non-hydrogen) atoms. The highest BCUT2D eigenvalue weighted by atomic mass is 35.5. The van der Waals surface area contributed by atoms with E-state index < -0.39 is 0 Å². The van der Waals surface area contributed by atoms with Gasteiger partial charge in [0, 0.05) is 54.5 Å². The van der Waals surface area contributed by atoms with Gasteiger partial charge in [-0.15, -0.1) is 0 Å².